The van der Waals surface area contributed by atoms with Crippen LogP contribution in [-0.4, -0.2) is 37.2 Å². The van der Waals surface area contributed by atoms with Crippen LogP contribution in [0.3, 0.4) is 0 Å². The number of rotatable bonds is 46. The van der Waals surface area contributed by atoms with Crippen molar-refractivity contribution in [3.63, 3.8) is 0 Å². The Morgan fingerprint density at radius 3 is 0.954 bits per heavy atom. The standard InChI is InChI=1S/C59H96O6/c1-4-7-10-13-16-19-22-25-26-27-28-29-30-31-32-35-37-40-43-46-49-52-58(61)64-55-56(65-59(62)53-50-47-44-41-38-34-24-21-18-15-12-9-6-3)54-63-57(60)51-48-45-42-39-36-33-23-20-17-14-11-8-5-2/h7,9-12,14,16,18-21,23,25-26,28-29,34,38,56H,4-6,8,13,15,17,22,24,27,30-33,35-37,39-55H2,1-3H3/b10-7-,12-9-,14-11-,19-16-,21-18-,23-20-,26-25-,29-28-,38-34-. The number of carbonyl (C=O) groups excluding carboxylic acids is 3. The van der Waals surface area contributed by atoms with Crippen molar-refractivity contribution in [3.8, 4) is 0 Å². The largest absolute Gasteiger partial charge is 0.462 e. The molecule has 0 saturated carbocycles. The van der Waals surface area contributed by atoms with E-state index in [9.17, 15) is 14.4 Å². The average Bonchev–Trinajstić information content (AvgIpc) is 3.30. The molecule has 0 spiro atoms. The molecular weight excluding hydrogens is 805 g/mol. The Bertz CT molecular complexity index is 1360. The molecular formula is C59H96O6. The molecule has 1 atom stereocenters. The SMILES string of the molecule is CC/C=C\C/C=C\C/C=C\C/C=C\CCCCCCCCCCC(=O)OCC(COC(=O)CCCCCCC/C=C\C/C=C\CCC)OC(=O)CCCCC/C=C\C/C=C\C/C=C\CC. The second-order valence-corrected chi connectivity index (χ2v) is 17.0. The first kappa shape index (κ1) is 61.1. The Labute approximate surface area is 400 Å². The first-order chi connectivity index (χ1) is 32.0. The van der Waals surface area contributed by atoms with Crippen LogP contribution in [0.2, 0.25) is 0 Å². The zero-order valence-corrected chi connectivity index (χ0v) is 42.0. The number of esters is 3. The lowest BCUT2D eigenvalue weighted by Crippen LogP contribution is -2.30. The fourth-order valence-electron chi connectivity index (χ4n) is 6.84. The third kappa shape index (κ3) is 50.9. The van der Waals surface area contributed by atoms with E-state index in [-0.39, 0.29) is 37.5 Å². The van der Waals surface area contributed by atoms with Crippen molar-refractivity contribution in [2.45, 2.75) is 232 Å². The highest BCUT2D eigenvalue weighted by Crippen LogP contribution is 2.13. The van der Waals surface area contributed by atoms with Gasteiger partial charge in [0.2, 0.25) is 0 Å². The molecule has 0 saturated heterocycles. The van der Waals surface area contributed by atoms with Gasteiger partial charge in [-0.1, -0.05) is 201 Å². The lowest BCUT2D eigenvalue weighted by molar-refractivity contribution is -0.167. The zero-order chi connectivity index (χ0) is 47.2. The van der Waals surface area contributed by atoms with Crippen LogP contribution in [0.5, 0.6) is 0 Å². The Balaban J connectivity index is 4.41. The summed E-state index contributed by atoms with van der Waals surface area (Å²) in [4.78, 5) is 38.0. The van der Waals surface area contributed by atoms with Gasteiger partial charge in [0.15, 0.2) is 6.10 Å². The lowest BCUT2D eigenvalue weighted by atomic mass is 10.1. The summed E-state index contributed by atoms with van der Waals surface area (Å²) in [5.74, 6) is -0.957. The smallest absolute Gasteiger partial charge is 0.306 e. The Hall–Kier alpha value is -3.93. The summed E-state index contributed by atoms with van der Waals surface area (Å²) in [6.07, 6.45) is 70.7. The van der Waals surface area contributed by atoms with Crippen molar-refractivity contribution in [3.05, 3.63) is 109 Å². The summed E-state index contributed by atoms with van der Waals surface area (Å²) in [5, 5.41) is 0. The minimum Gasteiger partial charge on any atom is -0.462 e. The maximum Gasteiger partial charge on any atom is 0.306 e. The number of ether oxygens (including phenoxy) is 3. The summed E-state index contributed by atoms with van der Waals surface area (Å²) < 4.78 is 16.8. The van der Waals surface area contributed by atoms with E-state index in [4.69, 9.17) is 14.2 Å². The minimum absolute atomic E-state index is 0.101. The molecule has 0 aliphatic heterocycles. The molecule has 6 nitrogen and oxygen atoms in total. The second kappa shape index (κ2) is 52.7. The number of hydrogen-bond donors (Lipinski definition) is 0. The van der Waals surface area contributed by atoms with Crippen LogP contribution in [0.1, 0.15) is 226 Å². The molecule has 6 heteroatoms. The zero-order valence-electron chi connectivity index (χ0n) is 42.0. The summed E-state index contributed by atoms with van der Waals surface area (Å²) in [6.45, 7) is 6.29. The van der Waals surface area contributed by atoms with Crippen molar-refractivity contribution in [1.82, 2.24) is 0 Å². The maximum absolute atomic E-state index is 12.8. The Kier molecular flexibility index (Phi) is 49.5. The van der Waals surface area contributed by atoms with Crippen molar-refractivity contribution >= 4 is 17.9 Å². The maximum atomic E-state index is 12.8. The van der Waals surface area contributed by atoms with Crippen molar-refractivity contribution < 1.29 is 28.6 Å². The van der Waals surface area contributed by atoms with E-state index in [1.165, 1.54) is 38.5 Å². The van der Waals surface area contributed by atoms with E-state index >= 15 is 0 Å². The number of allylic oxidation sites excluding steroid dienone is 18. The molecule has 0 rings (SSSR count). The highest BCUT2D eigenvalue weighted by Gasteiger charge is 2.19. The first-order valence-corrected chi connectivity index (χ1v) is 26.4. The molecule has 0 aliphatic rings. The van der Waals surface area contributed by atoms with Crippen LogP contribution in [0.4, 0.5) is 0 Å². The summed E-state index contributed by atoms with van der Waals surface area (Å²) in [7, 11) is 0. The predicted octanol–water partition coefficient (Wildman–Crippen LogP) is 17.5. The van der Waals surface area contributed by atoms with Crippen LogP contribution in [-0.2, 0) is 28.6 Å². The predicted molar refractivity (Wildman–Crippen MR) is 279 cm³/mol. The van der Waals surface area contributed by atoms with Gasteiger partial charge in [-0.2, -0.15) is 0 Å². The van der Waals surface area contributed by atoms with Crippen LogP contribution in [0.25, 0.3) is 0 Å². The summed E-state index contributed by atoms with van der Waals surface area (Å²) >= 11 is 0. The molecule has 0 aliphatic carbocycles. The van der Waals surface area contributed by atoms with Gasteiger partial charge in [0, 0.05) is 19.3 Å². The molecule has 0 aromatic carbocycles. The average molecular weight is 901 g/mol. The van der Waals surface area contributed by atoms with E-state index in [2.05, 4.69) is 130 Å². The topological polar surface area (TPSA) is 78.9 Å². The van der Waals surface area contributed by atoms with Gasteiger partial charge in [0.1, 0.15) is 13.2 Å². The van der Waals surface area contributed by atoms with Crippen LogP contribution in [0, 0.1) is 0 Å². The van der Waals surface area contributed by atoms with E-state index in [0.717, 1.165) is 148 Å². The van der Waals surface area contributed by atoms with Crippen LogP contribution >= 0.6 is 0 Å². The lowest BCUT2D eigenvalue weighted by Gasteiger charge is -2.18. The van der Waals surface area contributed by atoms with Crippen LogP contribution in [0.15, 0.2) is 109 Å². The highest BCUT2D eigenvalue weighted by atomic mass is 16.6. The summed E-state index contributed by atoms with van der Waals surface area (Å²) in [6, 6.07) is 0. The number of carbonyl (C=O) groups is 3. The first-order valence-electron chi connectivity index (χ1n) is 26.4. The van der Waals surface area contributed by atoms with Crippen molar-refractivity contribution in [1.29, 1.82) is 0 Å². The van der Waals surface area contributed by atoms with Gasteiger partial charge < -0.3 is 14.2 Å². The van der Waals surface area contributed by atoms with Gasteiger partial charge in [-0.3, -0.25) is 14.4 Å². The fourth-order valence-corrected chi connectivity index (χ4v) is 6.84. The Morgan fingerprint density at radius 1 is 0.323 bits per heavy atom. The molecule has 0 amide bonds. The molecule has 65 heavy (non-hydrogen) atoms. The molecule has 0 aromatic heterocycles. The molecule has 0 aromatic rings. The van der Waals surface area contributed by atoms with Gasteiger partial charge in [0.25, 0.3) is 0 Å². The van der Waals surface area contributed by atoms with Crippen molar-refractivity contribution in [2.75, 3.05) is 13.2 Å². The molecule has 368 valence electrons. The molecule has 0 fully saturated rings. The highest BCUT2D eigenvalue weighted by molar-refractivity contribution is 5.71. The van der Waals surface area contributed by atoms with Gasteiger partial charge in [0.05, 0.1) is 0 Å². The second-order valence-electron chi connectivity index (χ2n) is 17.0. The van der Waals surface area contributed by atoms with E-state index in [1.54, 1.807) is 0 Å². The number of hydrogen-bond acceptors (Lipinski definition) is 6. The van der Waals surface area contributed by atoms with E-state index < -0.39 is 6.10 Å². The van der Waals surface area contributed by atoms with E-state index in [0.29, 0.717) is 12.8 Å². The van der Waals surface area contributed by atoms with Gasteiger partial charge in [-0.25, -0.2) is 0 Å². The van der Waals surface area contributed by atoms with Gasteiger partial charge in [-0.15, -0.1) is 0 Å². The van der Waals surface area contributed by atoms with E-state index in [1.807, 2.05) is 0 Å². The van der Waals surface area contributed by atoms with Crippen LogP contribution < -0.4 is 0 Å². The third-order valence-electron chi connectivity index (χ3n) is 10.7. The fraction of sp³-hybridized carbons (Fsp3) is 0.644. The minimum atomic E-state index is -0.804. The quantitative estimate of drug-likeness (QED) is 0.0262. The monoisotopic (exact) mass is 901 g/mol. The summed E-state index contributed by atoms with van der Waals surface area (Å²) in [5.41, 5.74) is 0. The third-order valence-corrected chi connectivity index (χ3v) is 10.7. The molecule has 0 bridgehead atoms. The van der Waals surface area contributed by atoms with Gasteiger partial charge >= 0.3 is 17.9 Å². The molecule has 0 radical (unpaired) electrons. The number of unbranched alkanes of at least 4 members (excludes halogenated alkanes) is 17. The van der Waals surface area contributed by atoms with Crippen molar-refractivity contribution in [2.24, 2.45) is 0 Å². The molecule has 0 N–H and O–H groups in total. The van der Waals surface area contributed by atoms with Gasteiger partial charge in [-0.05, 0) is 116 Å². The Morgan fingerprint density at radius 2 is 0.600 bits per heavy atom. The normalized spacial score (nSPS) is 13.0. The molecule has 1 unspecified atom stereocenters. The molecule has 0 heterocycles.